The fourth-order valence-electron chi connectivity index (χ4n) is 3.93. The van der Waals surface area contributed by atoms with Gasteiger partial charge in [-0.2, -0.15) is 0 Å². The normalized spacial score (nSPS) is 15.1. The number of hydrogen-bond donors (Lipinski definition) is 1. The minimum Gasteiger partial charge on any atom is -0.305 e. The molecule has 0 radical (unpaired) electrons. The Labute approximate surface area is 177 Å². The van der Waals surface area contributed by atoms with Crippen molar-refractivity contribution in [1.29, 1.82) is 0 Å². The maximum atomic E-state index is 12.3. The lowest BCUT2D eigenvalue weighted by Gasteiger charge is -2.32. The number of carbonyl (C=O) groups is 1. The van der Waals surface area contributed by atoms with E-state index in [-0.39, 0.29) is 5.91 Å². The molecule has 1 N–H and O–H groups in total. The molecule has 0 unspecified atom stereocenters. The first-order chi connectivity index (χ1) is 14.8. The molecule has 4 heterocycles. The lowest BCUT2D eigenvalue weighted by atomic mass is 9.90. The number of carbonyl (C=O) groups excluding carboxylic acids is 1. The van der Waals surface area contributed by atoms with Gasteiger partial charge in [0.2, 0.25) is 0 Å². The van der Waals surface area contributed by atoms with Crippen LogP contribution in [0.4, 0.5) is 5.82 Å². The molecule has 1 saturated heterocycles. The number of aromatic nitrogens is 3. The fourth-order valence-corrected chi connectivity index (χ4v) is 3.93. The molecule has 1 aliphatic rings. The summed E-state index contributed by atoms with van der Waals surface area (Å²) < 4.78 is 0. The van der Waals surface area contributed by atoms with Gasteiger partial charge in [0.25, 0.3) is 5.91 Å². The standard InChI is InChI=1S/C24H27N5O/c30-24(22-5-1-2-12-26-22)28-23-16-20(8-13-27-23)7-6-19-9-14-29(15-10-19)18-21-4-3-11-25-17-21/h1-5,8,11-13,16-17,19H,6-7,9-10,14-15,18H2,(H,27,28,30). The molecule has 4 rings (SSSR count). The third kappa shape index (κ3) is 5.70. The maximum Gasteiger partial charge on any atom is 0.275 e. The molecule has 6 nitrogen and oxygen atoms in total. The van der Waals surface area contributed by atoms with Gasteiger partial charge in [-0.3, -0.25) is 19.7 Å². The molecule has 0 atom stereocenters. The van der Waals surface area contributed by atoms with E-state index in [1.165, 1.54) is 30.4 Å². The third-order valence-electron chi connectivity index (χ3n) is 5.64. The summed E-state index contributed by atoms with van der Waals surface area (Å²) in [6.07, 6.45) is 11.8. The first kappa shape index (κ1) is 20.2. The highest BCUT2D eigenvalue weighted by atomic mass is 16.1. The van der Waals surface area contributed by atoms with Gasteiger partial charge < -0.3 is 5.32 Å². The number of nitrogens with one attached hydrogen (secondary N) is 1. The fraction of sp³-hybridized carbons (Fsp3) is 0.333. The van der Waals surface area contributed by atoms with Crippen LogP contribution in [0, 0.1) is 5.92 Å². The minimum absolute atomic E-state index is 0.235. The van der Waals surface area contributed by atoms with Gasteiger partial charge in [-0.25, -0.2) is 4.98 Å². The number of likely N-dealkylation sites (tertiary alicyclic amines) is 1. The molecule has 3 aromatic rings. The Morgan fingerprint density at radius 1 is 1.00 bits per heavy atom. The van der Waals surface area contributed by atoms with E-state index in [2.05, 4.69) is 31.2 Å². The predicted octanol–water partition coefficient (Wildman–Crippen LogP) is 3.97. The molecule has 30 heavy (non-hydrogen) atoms. The zero-order valence-electron chi connectivity index (χ0n) is 17.1. The van der Waals surface area contributed by atoms with Crippen LogP contribution in [-0.4, -0.2) is 38.8 Å². The molecule has 0 spiro atoms. The summed E-state index contributed by atoms with van der Waals surface area (Å²) in [5, 5.41) is 2.84. The Morgan fingerprint density at radius 2 is 1.90 bits per heavy atom. The number of rotatable bonds is 7. The van der Waals surface area contributed by atoms with Crippen molar-refractivity contribution in [2.75, 3.05) is 18.4 Å². The van der Waals surface area contributed by atoms with E-state index in [0.717, 1.165) is 32.0 Å². The second-order valence-electron chi connectivity index (χ2n) is 7.84. The number of anilines is 1. The zero-order chi connectivity index (χ0) is 20.6. The van der Waals surface area contributed by atoms with Crippen molar-refractivity contribution in [2.24, 2.45) is 5.92 Å². The number of hydrogen-bond acceptors (Lipinski definition) is 5. The number of nitrogens with zero attached hydrogens (tertiary/aromatic N) is 4. The van der Waals surface area contributed by atoms with Crippen LogP contribution in [0.5, 0.6) is 0 Å². The van der Waals surface area contributed by atoms with E-state index < -0.39 is 0 Å². The number of piperidine rings is 1. The quantitative estimate of drug-likeness (QED) is 0.649. The van der Waals surface area contributed by atoms with Gasteiger partial charge >= 0.3 is 0 Å². The number of amides is 1. The zero-order valence-corrected chi connectivity index (χ0v) is 17.1. The van der Waals surface area contributed by atoms with Crippen LogP contribution in [0.3, 0.4) is 0 Å². The van der Waals surface area contributed by atoms with Crippen molar-refractivity contribution in [3.63, 3.8) is 0 Å². The summed E-state index contributed by atoms with van der Waals surface area (Å²) in [7, 11) is 0. The predicted molar refractivity (Wildman–Crippen MR) is 117 cm³/mol. The van der Waals surface area contributed by atoms with Crippen molar-refractivity contribution >= 4 is 11.7 Å². The van der Waals surface area contributed by atoms with Crippen LogP contribution in [0.25, 0.3) is 0 Å². The highest BCUT2D eigenvalue weighted by molar-refractivity contribution is 6.02. The molecular formula is C24H27N5O. The van der Waals surface area contributed by atoms with E-state index >= 15 is 0 Å². The van der Waals surface area contributed by atoms with Crippen molar-refractivity contribution in [1.82, 2.24) is 19.9 Å². The summed E-state index contributed by atoms with van der Waals surface area (Å²) in [6, 6.07) is 13.4. The first-order valence-electron chi connectivity index (χ1n) is 10.5. The molecule has 154 valence electrons. The first-order valence-corrected chi connectivity index (χ1v) is 10.5. The van der Waals surface area contributed by atoms with E-state index in [9.17, 15) is 4.79 Å². The lowest BCUT2D eigenvalue weighted by Crippen LogP contribution is -2.33. The molecule has 3 aromatic heterocycles. The SMILES string of the molecule is O=C(Nc1cc(CCC2CCN(Cc3cccnc3)CC2)ccn1)c1ccccn1. The minimum atomic E-state index is -0.235. The van der Waals surface area contributed by atoms with Gasteiger partial charge in [0.15, 0.2) is 0 Å². The lowest BCUT2D eigenvalue weighted by molar-refractivity contribution is 0.102. The Hall–Kier alpha value is -3.12. The van der Waals surface area contributed by atoms with Crippen LogP contribution < -0.4 is 5.32 Å². The van der Waals surface area contributed by atoms with Crippen molar-refractivity contribution in [3.05, 3.63) is 84.1 Å². The van der Waals surface area contributed by atoms with Crippen LogP contribution in [0.1, 0.15) is 40.9 Å². The monoisotopic (exact) mass is 401 g/mol. The second-order valence-corrected chi connectivity index (χ2v) is 7.84. The number of aryl methyl sites for hydroxylation is 1. The van der Waals surface area contributed by atoms with E-state index in [4.69, 9.17) is 0 Å². The molecule has 6 heteroatoms. The molecular weight excluding hydrogens is 374 g/mol. The van der Waals surface area contributed by atoms with Crippen molar-refractivity contribution < 1.29 is 4.79 Å². The smallest absolute Gasteiger partial charge is 0.275 e. The van der Waals surface area contributed by atoms with Gasteiger partial charge in [-0.05, 0) is 86.1 Å². The van der Waals surface area contributed by atoms with Crippen LogP contribution in [0.2, 0.25) is 0 Å². The molecule has 0 aromatic carbocycles. The Morgan fingerprint density at radius 3 is 2.67 bits per heavy atom. The largest absolute Gasteiger partial charge is 0.305 e. The van der Waals surface area contributed by atoms with Gasteiger partial charge in [-0.1, -0.05) is 12.1 Å². The molecule has 1 fully saturated rings. The van der Waals surface area contributed by atoms with Gasteiger partial charge in [0.05, 0.1) is 0 Å². The summed E-state index contributed by atoms with van der Waals surface area (Å²) in [5.41, 5.74) is 2.88. The third-order valence-corrected chi connectivity index (χ3v) is 5.64. The van der Waals surface area contributed by atoms with Crippen LogP contribution in [0.15, 0.2) is 67.3 Å². The van der Waals surface area contributed by atoms with E-state index in [1.807, 2.05) is 30.6 Å². The second kappa shape index (κ2) is 10.1. The highest BCUT2D eigenvalue weighted by Crippen LogP contribution is 2.24. The van der Waals surface area contributed by atoms with Gasteiger partial charge in [0, 0.05) is 31.3 Å². The number of pyridine rings is 3. The molecule has 0 saturated carbocycles. The maximum absolute atomic E-state index is 12.3. The molecule has 1 amide bonds. The Balaban J connectivity index is 1.24. The van der Waals surface area contributed by atoms with Crippen LogP contribution >= 0.6 is 0 Å². The van der Waals surface area contributed by atoms with Crippen molar-refractivity contribution in [2.45, 2.75) is 32.2 Å². The van der Waals surface area contributed by atoms with Crippen LogP contribution in [-0.2, 0) is 13.0 Å². The summed E-state index contributed by atoms with van der Waals surface area (Å²) in [4.78, 5) is 27.4. The van der Waals surface area contributed by atoms with Gasteiger partial charge in [-0.15, -0.1) is 0 Å². The Kier molecular flexibility index (Phi) is 6.77. The highest BCUT2D eigenvalue weighted by Gasteiger charge is 2.19. The Bertz CT molecular complexity index is 940. The average molecular weight is 402 g/mol. The summed E-state index contributed by atoms with van der Waals surface area (Å²) in [6.45, 7) is 3.27. The van der Waals surface area contributed by atoms with E-state index in [1.54, 1.807) is 30.6 Å². The average Bonchev–Trinajstić information content (AvgIpc) is 2.80. The van der Waals surface area contributed by atoms with E-state index in [0.29, 0.717) is 11.5 Å². The molecule has 0 bridgehead atoms. The molecule has 0 aliphatic carbocycles. The summed E-state index contributed by atoms with van der Waals surface area (Å²) in [5.74, 6) is 1.09. The summed E-state index contributed by atoms with van der Waals surface area (Å²) >= 11 is 0. The van der Waals surface area contributed by atoms with Gasteiger partial charge in [0.1, 0.15) is 11.5 Å². The molecule has 1 aliphatic heterocycles. The topological polar surface area (TPSA) is 71.0 Å². The van der Waals surface area contributed by atoms with Crippen molar-refractivity contribution in [3.8, 4) is 0 Å².